The minimum atomic E-state index is 0.369. The Labute approximate surface area is 103 Å². The van der Waals surface area contributed by atoms with Crippen LogP contribution in [-0.2, 0) is 0 Å². The molecule has 0 fully saturated rings. The lowest BCUT2D eigenvalue weighted by atomic mass is 10.1. The fourth-order valence-electron chi connectivity index (χ4n) is 1.33. The average molecular weight is 237 g/mol. The van der Waals surface area contributed by atoms with Crippen LogP contribution in [0.15, 0.2) is 18.2 Å². The lowest BCUT2D eigenvalue weighted by molar-refractivity contribution is 0.309. The Morgan fingerprint density at radius 3 is 2.81 bits per heavy atom. The molecule has 86 valence electrons. The third-order valence-corrected chi connectivity index (χ3v) is 2.39. The van der Waals surface area contributed by atoms with Crippen molar-refractivity contribution in [3.8, 4) is 17.6 Å². The lowest BCUT2D eigenvalue weighted by Crippen LogP contribution is -1.97. The van der Waals surface area contributed by atoms with Gasteiger partial charge in [0.1, 0.15) is 5.75 Å². The molecule has 1 aromatic rings. The Bertz CT molecular complexity index is 387. The van der Waals surface area contributed by atoms with E-state index in [-0.39, 0.29) is 0 Å². The molecule has 0 aliphatic heterocycles. The number of aryl methyl sites for hydroxylation is 1. The van der Waals surface area contributed by atoms with Gasteiger partial charge in [-0.2, -0.15) is 0 Å². The van der Waals surface area contributed by atoms with Crippen LogP contribution < -0.4 is 4.74 Å². The molecule has 0 atom stereocenters. The first-order chi connectivity index (χ1) is 7.77. The maximum Gasteiger partial charge on any atom is 0.119 e. The molecule has 0 aromatic heterocycles. The summed E-state index contributed by atoms with van der Waals surface area (Å²) in [5.74, 6) is 7.16. The zero-order chi connectivity index (χ0) is 11.8. The van der Waals surface area contributed by atoms with Crippen molar-refractivity contribution >= 4 is 11.6 Å². The van der Waals surface area contributed by atoms with Crippen LogP contribution >= 0.6 is 11.6 Å². The van der Waals surface area contributed by atoms with Crippen molar-refractivity contribution in [3.63, 3.8) is 0 Å². The second-order valence-corrected chi connectivity index (χ2v) is 3.88. The highest BCUT2D eigenvalue weighted by Crippen LogP contribution is 2.16. The van der Waals surface area contributed by atoms with Crippen molar-refractivity contribution in [1.82, 2.24) is 0 Å². The molecule has 16 heavy (non-hydrogen) atoms. The van der Waals surface area contributed by atoms with Gasteiger partial charge in [0.05, 0.1) is 12.5 Å². The van der Waals surface area contributed by atoms with Crippen LogP contribution in [0, 0.1) is 18.8 Å². The summed E-state index contributed by atoms with van der Waals surface area (Å²) in [4.78, 5) is 0. The van der Waals surface area contributed by atoms with Crippen LogP contribution in [0.5, 0.6) is 5.75 Å². The number of alkyl halides is 1. The van der Waals surface area contributed by atoms with Crippen LogP contribution in [0.4, 0.5) is 0 Å². The summed E-state index contributed by atoms with van der Waals surface area (Å²) in [6, 6.07) is 5.96. The van der Waals surface area contributed by atoms with Gasteiger partial charge in [0.2, 0.25) is 0 Å². The highest BCUT2D eigenvalue weighted by atomic mass is 35.5. The lowest BCUT2D eigenvalue weighted by Gasteiger charge is -2.06. The summed E-state index contributed by atoms with van der Waals surface area (Å²) in [5, 5.41) is 0. The van der Waals surface area contributed by atoms with Gasteiger partial charge in [0.25, 0.3) is 0 Å². The quantitative estimate of drug-likeness (QED) is 0.439. The summed E-state index contributed by atoms with van der Waals surface area (Å²) < 4.78 is 5.61. The summed E-state index contributed by atoms with van der Waals surface area (Å²) in [6.07, 6.45) is 2.24. The maximum atomic E-state index is 5.61. The van der Waals surface area contributed by atoms with Gasteiger partial charge < -0.3 is 4.74 Å². The van der Waals surface area contributed by atoms with Crippen molar-refractivity contribution in [2.24, 2.45) is 0 Å². The van der Waals surface area contributed by atoms with Gasteiger partial charge in [0, 0.05) is 5.56 Å². The predicted molar refractivity (Wildman–Crippen MR) is 69.2 cm³/mol. The molecule has 0 spiro atoms. The molecule has 0 aliphatic rings. The van der Waals surface area contributed by atoms with Gasteiger partial charge >= 0.3 is 0 Å². The standard InChI is InChI=1S/C14H17ClO/c1-3-4-10-16-14-8-7-13(6-5-9-15)12(2)11-14/h7-8,11H,3-4,9-10H2,1-2H3. The summed E-state index contributed by atoms with van der Waals surface area (Å²) in [5.41, 5.74) is 2.15. The fraction of sp³-hybridized carbons (Fsp3) is 0.429. The number of hydrogen-bond donors (Lipinski definition) is 0. The Hall–Kier alpha value is -1.13. The van der Waals surface area contributed by atoms with E-state index in [1.807, 2.05) is 25.1 Å². The highest BCUT2D eigenvalue weighted by molar-refractivity contribution is 6.19. The average Bonchev–Trinajstić information content (AvgIpc) is 2.28. The second-order valence-electron chi connectivity index (χ2n) is 3.61. The number of halogens is 1. The molecule has 0 heterocycles. The molecule has 0 bridgehead atoms. The normalized spacial score (nSPS) is 9.44. The molecule has 0 radical (unpaired) electrons. The minimum absolute atomic E-state index is 0.369. The Morgan fingerprint density at radius 2 is 2.19 bits per heavy atom. The Kier molecular flexibility index (Phi) is 5.82. The number of rotatable bonds is 4. The molecular weight excluding hydrogens is 220 g/mol. The third kappa shape index (κ3) is 4.16. The van der Waals surface area contributed by atoms with E-state index in [0.717, 1.165) is 36.3 Å². The topological polar surface area (TPSA) is 9.23 Å². The summed E-state index contributed by atoms with van der Waals surface area (Å²) in [7, 11) is 0. The van der Waals surface area contributed by atoms with Crippen LogP contribution in [0.1, 0.15) is 30.9 Å². The van der Waals surface area contributed by atoms with Gasteiger partial charge in [-0.25, -0.2) is 0 Å². The largest absolute Gasteiger partial charge is 0.494 e. The van der Waals surface area contributed by atoms with Crippen molar-refractivity contribution in [3.05, 3.63) is 29.3 Å². The number of hydrogen-bond acceptors (Lipinski definition) is 1. The van der Waals surface area contributed by atoms with E-state index in [9.17, 15) is 0 Å². The van der Waals surface area contributed by atoms with Gasteiger partial charge in [-0.05, 0) is 37.1 Å². The van der Waals surface area contributed by atoms with Crippen LogP contribution in [0.3, 0.4) is 0 Å². The van der Waals surface area contributed by atoms with Crippen LogP contribution in [0.25, 0.3) is 0 Å². The van der Waals surface area contributed by atoms with Crippen molar-refractivity contribution < 1.29 is 4.74 Å². The van der Waals surface area contributed by atoms with Gasteiger partial charge in [-0.3, -0.25) is 0 Å². The molecule has 0 unspecified atom stereocenters. The molecule has 1 aromatic carbocycles. The molecule has 0 amide bonds. The van der Waals surface area contributed by atoms with Gasteiger partial charge in [-0.1, -0.05) is 25.2 Å². The van der Waals surface area contributed by atoms with Crippen LogP contribution in [-0.4, -0.2) is 12.5 Å². The van der Waals surface area contributed by atoms with Gasteiger partial charge in [0.15, 0.2) is 0 Å². The van der Waals surface area contributed by atoms with E-state index in [0.29, 0.717) is 5.88 Å². The maximum absolute atomic E-state index is 5.61. The smallest absolute Gasteiger partial charge is 0.119 e. The third-order valence-electron chi connectivity index (χ3n) is 2.25. The fourth-order valence-corrected chi connectivity index (χ4v) is 1.40. The van der Waals surface area contributed by atoms with Crippen molar-refractivity contribution in [2.75, 3.05) is 12.5 Å². The second kappa shape index (κ2) is 7.19. The molecule has 1 rings (SSSR count). The van der Waals surface area contributed by atoms with E-state index in [1.165, 1.54) is 0 Å². The van der Waals surface area contributed by atoms with Crippen molar-refractivity contribution in [1.29, 1.82) is 0 Å². The van der Waals surface area contributed by atoms with E-state index in [4.69, 9.17) is 16.3 Å². The first-order valence-electron chi connectivity index (χ1n) is 5.56. The number of ether oxygens (including phenoxy) is 1. The molecule has 0 aliphatic carbocycles. The SMILES string of the molecule is CCCCOc1ccc(C#CCCl)c(C)c1. The zero-order valence-corrected chi connectivity index (χ0v) is 10.6. The molecule has 2 heteroatoms. The zero-order valence-electron chi connectivity index (χ0n) is 9.85. The first-order valence-corrected chi connectivity index (χ1v) is 6.09. The Balaban J connectivity index is 2.67. The van der Waals surface area contributed by atoms with Crippen LogP contribution in [0.2, 0.25) is 0 Å². The van der Waals surface area contributed by atoms with Gasteiger partial charge in [-0.15, -0.1) is 11.6 Å². The molecule has 1 nitrogen and oxygen atoms in total. The summed E-state index contributed by atoms with van der Waals surface area (Å²) >= 11 is 5.52. The minimum Gasteiger partial charge on any atom is -0.494 e. The van der Waals surface area contributed by atoms with E-state index in [2.05, 4.69) is 18.8 Å². The van der Waals surface area contributed by atoms with Crippen molar-refractivity contribution in [2.45, 2.75) is 26.7 Å². The molecule has 0 saturated carbocycles. The monoisotopic (exact) mass is 236 g/mol. The number of benzene rings is 1. The first kappa shape index (κ1) is 12.9. The molecule has 0 N–H and O–H groups in total. The highest BCUT2D eigenvalue weighted by Gasteiger charge is 1.98. The summed E-state index contributed by atoms with van der Waals surface area (Å²) in [6.45, 7) is 4.97. The number of unbranched alkanes of at least 4 members (excludes halogenated alkanes) is 1. The van der Waals surface area contributed by atoms with E-state index >= 15 is 0 Å². The predicted octanol–water partition coefficient (Wildman–Crippen LogP) is 3.76. The Morgan fingerprint density at radius 1 is 1.38 bits per heavy atom. The molecule has 0 saturated heterocycles. The van der Waals surface area contributed by atoms with E-state index in [1.54, 1.807) is 0 Å². The van der Waals surface area contributed by atoms with E-state index < -0.39 is 0 Å². The molecular formula is C14H17ClO.